The second kappa shape index (κ2) is 4.03. The molecule has 0 bridgehead atoms. The molecule has 2 aromatic rings. The lowest BCUT2D eigenvalue weighted by Gasteiger charge is -2.05. The summed E-state index contributed by atoms with van der Waals surface area (Å²) in [5.74, 6) is -0.330. The van der Waals surface area contributed by atoms with E-state index in [1.54, 1.807) is 30.3 Å². The molecule has 16 heavy (non-hydrogen) atoms. The van der Waals surface area contributed by atoms with Crippen molar-refractivity contribution in [3.63, 3.8) is 0 Å². The number of nitrogens with zero attached hydrogens (tertiary/aromatic N) is 1. The molecule has 2 rings (SSSR count). The summed E-state index contributed by atoms with van der Waals surface area (Å²) in [5.41, 5.74) is 8.01. The SMILES string of the molecule is N#Cc1ccc(N)cc1-c1cccc(F)c1. The summed E-state index contributed by atoms with van der Waals surface area (Å²) in [5, 5.41) is 8.96. The quantitative estimate of drug-likeness (QED) is 0.739. The number of nitriles is 1. The van der Waals surface area contributed by atoms with Crippen LogP contribution in [-0.2, 0) is 0 Å². The van der Waals surface area contributed by atoms with Crippen LogP contribution in [0.2, 0.25) is 0 Å². The van der Waals surface area contributed by atoms with Crippen LogP contribution in [0, 0.1) is 17.1 Å². The molecular formula is C13H9FN2. The van der Waals surface area contributed by atoms with Gasteiger partial charge in [0.15, 0.2) is 0 Å². The van der Waals surface area contributed by atoms with E-state index >= 15 is 0 Å². The molecule has 78 valence electrons. The first-order valence-electron chi connectivity index (χ1n) is 4.76. The third-order valence-corrected chi connectivity index (χ3v) is 2.30. The zero-order valence-electron chi connectivity index (χ0n) is 8.44. The third kappa shape index (κ3) is 1.86. The van der Waals surface area contributed by atoms with Gasteiger partial charge in [0, 0.05) is 11.3 Å². The highest BCUT2D eigenvalue weighted by Gasteiger charge is 2.05. The lowest BCUT2D eigenvalue weighted by Crippen LogP contribution is -1.90. The molecule has 0 atom stereocenters. The Labute approximate surface area is 92.8 Å². The number of anilines is 1. The first kappa shape index (κ1) is 10.2. The lowest BCUT2D eigenvalue weighted by atomic mass is 10.00. The maximum atomic E-state index is 13.1. The highest BCUT2D eigenvalue weighted by molar-refractivity contribution is 5.73. The fourth-order valence-corrected chi connectivity index (χ4v) is 1.55. The van der Waals surface area contributed by atoms with E-state index in [-0.39, 0.29) is 5.82 Å². The Morgan fingerprint density at radius 3 is 2.62 bits per heavy atom. The van der Waals surface area contributed by atoms with E-state index in [0.717, 1.165) is 0 Å². The minimum atomic E-state index is -0.330. The molecular weight excluding hydrogens is 203 g/mol. The number of hydrogen-bond donors (Lipinski definition) is 1. The van der Waals surface area contributed by atoms with E-state index in [1.807, 2.05) is 0 Å². The summed E-state index contributed by atoms with van der Waals surface area (Å²) >= 11 is 0. The predicted octanol–water partition coefficient (Wildman–Crippen LogP) is 2.95. The zero-order valence-corrected chi connectivity index (χ0v) is 8.44. The molecule has 0 saturated carbocycles. The van der Waals surface area contributed by atoms with Crippen LogP contribution < -0.4 is 5.73 Å². The Morgan fingerprint density at radius 1 is 1.12 bits per heavy atom. The molecule has 0 heterocycles. The van der Waals surface area contributed by atoms with Crippen molar-refractivity contribution < 1.29 is 4.39 Å². The predicted molar refractivity (Wildman–Crippen MR) is 61.0 cm³/mol. The van der Waals surface area contributed by atoms with Gasteiger partial charge in [-0.2, -0.15) is 5.26 Å². The van der Waals surface area contributed by atoms with Crippen LogP contribution in [0.25, 0.3) is 11.1 Å². The Hall–Kier alpha value is -2.34. The second-order valence-electron chi connectivity index (χ2n) is 3.43. The van der Waals surface area contributed by atoms with Crippen LogP contribution in [-0.4, -0.2) is 0 Å². The van der Waals surface area contributed by atoms with Gasteiger partial charge in [0.25, 0.3) is 0 Å². The van der Waals surface area contributed by atoms with E-state index in [0.29, 0.717) is 22.4 Å². The number of halogens is 1. The molecule has 2 aromatic carbocycles. The van der Waals surface area contributed by atoms with Gasteiger partial charge in [0.2, 0.25) is 0 Å². The third-order valence-electron chi connectivity index (χ3n) is 2.30. The van der Waals surface area contributed by atoms with Gasteiger partial charge in [-0.05, 0) is 35.9 Å². The Balaban J connectivity index is 2.64. The van der Waals surface area contributed by atoms with Crippen molar-refractivity contribution >= 4 is 5.69 Å². The van der Waals surface area contributed by atoms with Crippen LogP contribution in [0.4, 0.5) is 10.1 Å². The number of rotatable bonds is 1. The molecule has 0 amide bonds. The van der Waals surface area contributed by atoms with Gasteiger partial charge in [0.1, 0.15) is 5.82 Å². The average molecular weight is 212 g/mol. The summed E-state index contributed by atoms with van der Waals surface area (Å²) in [6, 6.07) is 13.1. The maximum Gasteiger partial charge on any atom is 0.123 e. The van der Waals surface area contributed by atoms with Crippen LogP contribution in [0.5, 0.6) is 0 Å². The Kier molecular flexibility index (Phi) is 2.57. The Morgan fingerprint density at radius 2 is 1.94 bits per heavy atom. The summed E-state index contributed by atoms with van der Waals surface area (Å²) in [6.45, 7) is 0. The molecule has 3 heteroatoms. The van der Waals surface area contributed by atoms with Gasteiger partial charge >= 0.3 is 0 Å². The molecule has 0 saturated heterocycles. The molecule has 0 aliphatic rings. The summed E-state index contributed by atoms with van der Waals surface area (Å²) < 4.78 is 13.1. The molecule has 2 N–H and O–H groups in total. The highest BCUT2D eigenvalue weighted by atomic mass is 19.1. The summed E-state index contributed by atoms with van der Waals surface area (Å²) in [7, 11) is 0. The monoisotopic (exact) mass is 212 g/mol. The standard InChI is InChI=1S/C13H9FN2/c14-11-3-1-2-9(6-11)13-7-12(16)5-4-10(13)8-15/h1-7H,16H2. The Bertz CT molecular complexity index is 570. The first-order chi connectivity index (χ1) is 7.70. The topological polar surface area (TPSA) is 49.8 Å². The molecule has 0 aliphatic heterocycles. The molecule has 2 nitrogen and oxygen atoms in total. The average Bonchev–Trinajstić information content (AvgIpc) is 2.29. The molecule has 0 radical (unpaired) electrons. The van der Waals surface area contributed by atoms with Gasteiger partial charge in [0.05, 0.1) is 11.6 Å². The van der Waals surface area contributed by atoms with E-state index in [1.165, 1.54) is 12.1 Å². The molecule has 0 spiro atoms. The molecule has 0 aliphatic carbocycles. The zero-order chi connectivity index (χ0) is 11.5. The number of benzene rings is 2. The van der Waals surface area contributed by atoms with Crippen LogP contribution in [0.15, 0.2) is 42.5 Å². The van der Waals surface area contributed by atoms with Crippen LogP contribution in [0.1, 0.15) is 5.56 Å². The van der Waals surface area contributed by atoms with Gasteiger partial charge in [-0.3, -0.25) is 0 Å². The molecule has 0 aromatic heterocycles. The van der Waals surface area contributed by atoms with Gasteiger partial charge in [-0.25, -0.2) is 4.39 Å². The van der Waals surface area contributed by atoms with Crippen molar-refractivity contribution in [1.82, 2.24) is 0 Å². The second-order valence-corrected chi connectivity index (χ2v) is 3.43. The smallest absolute Gasteiger partial charge is 0.123 e. The fourth-order valence-electron chi connectivity index (χ4n) is 1.55. The van der Waals surface area contributed by atoms with Crippen molar-refractivity contribution in [2.75, 3.05) is 5.73 Å². The minimum Gasteiger partial charge on any atom is -0.399 e. The molecule has 0 fully saturated rings. The maximum absolute atomic E-state index is 13.1. The summed E-state index contributed by atoms with van der Waals surface area (Å²) in [4.78, 5) is 0. The first-order valence-corrected chi connectivity index (χ1v) is 4.76. The van der Waals surface area contributed by atoms with Gasteiger partial charge < -0.3 is 5.73 Å². The van der Waals surface area contributed by atoms with E-state index in [9.17, 15) is 4.39 Å². The lowest BCUT2D eigenvalue weighted by molar-refractivity contribution is 0.628. The van der Waals surface area contributed by atoms with Crippen molar-refractivity contribution in [3.05, 3.63) is 53.8 Å². The highest BCUT2D eigenvalue weighted by Crippen LogP contribution is 2.25. The number of nitrogen functional groups attached to an aromatic ring is 1. The largest absolute Gasteiger partial charge is 0.399 e. The fraction of sp³-hybridized carbons (Fsp3) is 0. The van der Waals surface area contributed by atoms with E-state index in [2.05, 4.69) is 6.07 Å². The normalized spacial score (nSPS) is 9.75. The van der Waals surface area contributed by atoms with Crippen LogP contribution in [0.3, 0.4) is 0 Å². The number of hydrogen-bond acceptors (Lipinski definition) is 2. The van der Waals surface area contributed by atoms with Gasteiger partial charge in [-0.1, -0.05) is 12.1 Å². The molecule has 0 unspecified atom stereocenters. The van der Waals surface area contributed by atoms with E-state index in [4.69, 9.17) is 11.0 Å². The number of nitrogens with two attached hydrogens (primary N) is 1. The van der Waals surface area contributed by atoms with E-state index < -0.39 is 0 Å². The van der Waals surface area contributed by atoms with Gasteiger partial charge in [-0.15, -0.1) is 0 Å². The minimum absolute atomic E-state index is 0.330. The summed E-state index contributed by atoms with van der Waals surface area (Å²) in [6.07, 6.45) is 0. The van der Waals surface area contributed by atoms with Crippen molar-refractivity contribution in [2.24, 2.45) is 0 Å². The van der Waals surface area contributed by atoms with Crippen LogP contribution >= 0.6 is 0 Å². The van der Waals surface area contributed by atoms with Crippen molar-refractivity contribution in [2.45, 2.75) is 0 Å². The van der Waals surface area contributed by atoms with Crippen molar-refractivity contribution in [3.8, 4) is 17.2 Å². The van der Waals surface area contributed by atoms with Crippen molar-refractivity contribution in [1.29, 1.82) is 5.26 Å².